The minimum Gasteiger partial charge on any atom is -0.464 e. The molecular formula is C25H30N4O4. The highest BCUT2D eigenvalue weighted by Gasteiger charge is 2.29. The summed E-state index contributed by atoms with van der Waals surface area (Å²) in [4.78, 5) is 30.6. The number of aromatic nitrogens is 2. The van der Waals surface area contributed by atoms with E-state index >= 15 is 0 Å². The van der Waals surface area contributed by atoms with Gasteiger partial charge in [0.25, 0.3) is 5.91 Å². The fraction of sp³-hybridized carbons (Fsp3) is 0.400. The Morgan fingerprint density at radius 3 is 2.73 bits per heavy atom. The van der Waals surface area contributed by atoms with Crippen molar-refractivity contribution in [1.82, 2.24) is 9.55 Å². The topological polar surface area (TPSA) is 94.5 Å². The first-order valence-electron chi connectivity index (χ1n) is 11.3. The van der Waals surface area contributed by atoms with Crippen molar-refractivity contribution in [2.24, 2.45) is 5.92 Å². The average Bonchev–Trinajstić information content (AvgIpc) is 3.44. The molecule has 174 valence electrons. The van der Waals surface area contributed by atoms with Crippen molar-refractivity contribution in [2.45, 2.75) is 39.3 Å². The maximum Gasteiger partial charge on any atom is 0.356 e. The Balaban J connectivity index is 1.83. The first kappa shape index (κ1) is 22.8. The number of pyridine rings is 1. The zero-order valence-corrected chi connectivity index (χ0v) is 19.3. The average molecular weight is 451 g/mol. The molecule has 0 saturated carbocycles. The van der Waals surface area contributed by atoms with Crippen LogP contribution >= 0.6 is 0 Å². The molecule has 8 nitrogen and oxygen atoms in total. The molecule has 1 saturated heterocycles. The van der Waals surface area contributed by atoms with Crippen LogP contribution in [0.25, 0.3) is 11.0 Å². The minimum absolute atomic E-state index is 0.0257. The maximum absolute atomic E-state index is 13.0. The Morgan fingerprint density at radius 2 is 2.06 bits per heavy atom. The normalized spacial score (nSPS) is 15.7. The zero-order chi connectivity index (χ0) is 23.4. The van der Waals surface area contributed by atoms with Crippen LogP contribution in [0, 0.1) is 5.92 Å². The number of rotatable bonds is 8. The number of carbonyl (C=O) groups is 2. The number of benzene rings is 1. The Morgan fingerprint density at radius 1 is 1.27 bits per heavy atom. The molecule has 1 unspecified atom stereocenters. The van der Waals surface area contributed by atoms with Crippen LogP contribution in [0.3, 0.4) is 0 Å². The smallest absolute Gasteiger partial charge is 0.356 e. The second kappa shape index (κ2) is 10.0. The van der Waals surface area contributed by atoms with Crippen LogP contribution in [-0.2, 0) is 16.0 Å². The van der Waals surface area contributed by atoms with Crippen molar-refractivity contribution >= 4 is 34.3 Å². The number of amides is 1. The Labute approximate surface area is 193 Å². The van der Waals surface area contributed by atoms with E-state index in [1.165, 1.54) is 7.11 Å². The van der Waals surface area contributed by atoms with Gasteiger partial charge in [-0.2, -0.15) is 0 Å². The molecule has 3 heterocycles. The third kappa shape index (κ3) is 5.01. The van der Waals surface area contributed by atoms with Crippen molar-refractivity contribution < 1.29 is 19.1 Å². The molecular weight excluding hydrogens is 420 g/mol. The van der Waals surface area contributed by atoms with Gasteiger partial charge in [0.2, 0.25) is 0 Å². The van der Waals surface area contributed by atoms with Gasteiger partial charge in [-0.15, -0.1) is 0 Å². The number of carbonyl (C=O) groups excluding carboxylic acids is 2. The van der Waals surface area contributed by atoms with Crippen molar-refractivity contribution in [3.8, 4) is 0 Å². The summed E-state index contributed by atoms with van der Waals surface area (Å²) in [6.45, 7) is 6.18. The molecule has 4 rings (SSSR count). The first-order valence-corrected chi connectivity index (χ1v) is 11.3. The van der Waals surface area contributed by atoms with Crippen molar-refractivity contribution in [1.29, 1.82) is 0 Å². The summed E-state index contributed by atoms with van der Waals surface area (Å²) in [6.07, 6.45) is 3.61. The lowest BCUT2D eigenvalue weighted by molar-refractivity contribution is 0.0580. The van der Waals surface area contributed by atoms with E-state index in [1.807, 2.05) is 16.7 Å². The van der Waals surface area contributed by atoms with Gasteiger partial charge in [0.15, 0.2) is 5.69 Å². The number of hydrogen-bond donors (Lipinski definition) is 2. The summed E-state index contributed by atoms with van der Waals surface area (Å²) < 4.78 is 12.7. The van der Waals surface area contributed by atoms with Gasteiger partial charge in [-0.05, 0) is 37.0 Å². The van der Waals surface area contributed by atoms with Crippen LogP contribution in [0.1, 0.15) is 47.5 Å². The summed E-state index contributed by atoms with van der Waals surface area (Å²) >= 11 is 0. The molecule has 0 bridgehead atoms. The van der Waals surface area contributed by atoms with Gasteiger partial charge in [0.05, 0.1) is 37.3 Å². The Kier molecular flexibility index (Phi) is 6.93. The van der Waals surface area contributed by atoms with E-state index in [0.29, 0.717) is 41.4 Å². The van der Waals surface area contributed by atoms with E-state index in [-0.39, 0.29) is 17.7 Å². The van der Waals surface area contributed by atoms with Gasteiger partial charge < -0.3 is 24.7 Å². The summed E-state index contributed by atoms with van der Waals surface area (Å²) in [6, 6.07) is 10.8. The van der Waals surface area contributed by atoms with Gasteiger partial charge in [-0.3, -0.25) is 4.79 Å². The number of nitrogens with zero attached hydrogens (tertiary/aromatic N) is 2. The monoisotopic (exact) mass is 450 g/mol. The van der Waals surface area contributed by atoms with Crippen LogP contribution in [0.4, 0.5) is 11.4 Å². The van der Waals surface area contributed by atoms with E-state index < -0.39 is 5.97 Å². The van der Waals surface area contributed by atoms with Gasteiger partial charge in [0.1, 0.15) is 5.65 Å². The van der Waals surface area contributed by atoms with Crippen LogP contribution in [0.5, 0.6) is 0 Å². The summed E-state index contributed by atoms with van der Waals surface area (Å²) in [5.74, 6) is -0.392. The number of hydrogen-bond acceptors (Lipinski definition) is 6. The van der Waals surface area contributed by atoms with Crippen molar-refractivity contribution in [3.05, 3.63) is 53.9 Å². The van der Waals surface area contributed by atoms with E-state index in [2.05, 4.69) is 29.5 Å². The molecule has 0 aliphatic carbocycles. The lowest BCUT2D eigenvalue weighted by atomic mass is 10.2. The van der Waals surface area contributed by atoms with Gasteiger partial charge in [0, 0.05) is 24.1 Å². The van der Waals surface area contributed by atoms with E-state index in [9.17, 15) is 9.59 Å². The number of anilines is 2. The molecule has 1 atom stereocenters. The largest absolute Gasteiger partial charge is 0.464 e. The number of methoxy groups -OCH3 is 1. The van der Waals surface area contributed by atoms with Gasteiger partial charge in [-0.25, -0.2) is 9.78 Å². The molecule has 8 heteroatoms. The van der Waals surface area contributed by atoms with E-state index in [0.717, 1.165) is 25.1 Å². The third-order valence-electron chi connectivity index (χ3n) is 5.68. The highest BCUT2D eigenvalue weighted by atomic mass is 16.5. The van der Waals surface area contributed by atoms with Gasteiger partial charge >= 0.3 is 5.97 Å². The lowest BCUT2D eigenvalue weighted by Gasteiger charge is -2.14. The molecule has 1 aromatic carbocycles. The van der Waals surface area contributed by atoms with Crippen molar-refractivity contribution in [2.75, 3.05) is 30.9 Å². The Hall–Kier alpha value is -3.39. The molecule has 3 aromatic rings. The molecule has 2 N–H and O–H groups in total. The van der Waals surface area contributed by atoms with Crippen LogP contribution in [0.15, 0.2) is 42.6 Å². The minimum atomic E-state index is -0.536. The van der Waals surface area contributed by atoms with Crippen LogP contribution in [-0.4, -0.2) is 47.8 Å². The second-order valence-corrected chi connectivity index (χ2v) is 8.65. The Bertz CT molecular complexity index is 1130. The van der Waals surface area contributed by atoms with E-state index in [4.69, 9.17) is 9.47 Å². The second-order valence-electron chi connectivity index (χ2n) is 8.65. The molecule has 2 aromatic heterocycles. The predicted molar refractivity (Wildman–Crippen MR) is 128 cm³/mol. The van der Waals surface area contributed by atoms with E-state index in [1.54, 1.807) is 30.5 Å². The van der Waals surface area contributed by atoms with Gasteiger partial charge in [-0.1, -0.05) is 32.0 Å². The predicted octanol–water partition coefficient (Wildman–Crippen LogP) is 4.32. The maximum atomic E-state index is 13.0. The molecule has 0 spiro atoms. The zero-order valence-electron chi connectivity index (χ0n) is 19.3. The summed E-state index contributed by atoms with van der Waals surface area (Å²) in [7, 11) is 1.34. The fourth-order valence-electron chi connectivity index (χ4n) is 4.02. The standard InChI is InChI=1S/C25H30N4O4/c1-16(2)13-26-18-12-20-21(28-24(30)17-8-5-4-6-9-17)22(25(31)32-3)29(23(20)27-14-18)15-19-10-7-11-33-19/h4-6,8-9,12,14,16,19,26H,7,10-11,13,15H2,1-3H3,(H,28,30). The van der Waals surface area contributed by atoms with Crippen molar-refractivity contribution in [3.63, 3.8) is 0 Å². The molecule has 1 aliphatic rings. The molecule has 1 fully saturated rings. The summed E-state index contributed by atoms with van der Waals surface area (Å²) in [5.41, 5.74) is 2.57. The molecule has 33 heavy (non-hydrogen) atoms. The number of ether oxygens (including phenoxy) is 2. The fourth-order valence-corrected chi connectivity index (χ4v) is 4.02. The number of nitrogens with one attached hydrogen (secondary N) is 2. The molecule has 1 aliphatic heterocycles. The SMILES string of the molecule is COC(=O)c1c(NC(=O)c2ccccc2)c2cc(NCC(C)C)cnc2n1CC1CCCO1. The van der Waals surface area contributed by atoms with Crippen LogP contribution in [0.2, 0.25) is 0 Å². The third-order valence-corrected chi connectivity index (χ3v) is 5.68. The number of esters is 1. The lowest BCUT2D eigenvalue weighted by Crippen LogP contribution is -2.21. The van der Waals surface area contributed by atoms with Crippen LogP contribution < -0.4 is 10.6 Å². The highest BCUT2D eigenvalue weighted by Crippen LogP contribution is 2.34. The first-order chi connectivity index (χ1) is 16.0. The highest BCUT2D eigenvalue weighted by molar-refractivity contribution is 6.14. The quantitative estimate of drug-likeness (QED) is 0.497. The summed E-state index contributed by atoms with van der Waals surface area (Å²) in [5, 5.41) is 6.99. The number of fused-ring (bicyclic) bond motifs is 1. The molecule has 1 amide bonds. The molecule has 0 radical (unpaired) electrons.